The lowest BCUT2D eigenvalue weighted by Gasteiger charge is -2.33. The van der Waals surface area contributed by atoms with Gasteiger partial charge in [-0.15, -0.1) is 0 Å². The van der Waals surface area contributed by atoms with Crippen LogP contribution in [0.4, 0.5) is 0 Å². The summed E-state index contributed by atoms with van der Waals surface area (Å²) >= 11 is 0. The summed E-state index contributed by atoms with van der Waals surface area (Å²) < 4.78 is 5.64. The number of epoxide rings is 1. The first kappa shape index (κ1) is 4.66. The average Bonchev–Trinajstić information content (AvgIpc) is 2.28. The van der Waals surface area contributed by atoms with Crippen molar-refractivity contribution in [1.29, 1.82) is 0 Å². The molecule has 3 heterocycles. The van der Waals surface area contributed by atoms with Gasteiger partial charge in [-0.1, -0.05) is 0 Å². The molecule has 0 radical (unpaired) electrons. The van der Waals surface area contributed by atoms with Crippen molar-refractivity contribution in [1.82, 2.24) is 10.6 Å². The Hall–Kier alpha value is -0.120. The van der Waals surface area contributed by atoms with Crippen LogP contribution in [0.5, 0.6) is 0 Å². The number of nitrogens with one attached hydrogen (secondary N) is 2. The first-order chi connectivity index (χ1) is 4.37. The Morgan fingerprint density at radius 3 is 1.44 bits per heavy atom. The van der Waals surface area contributed by atoms with Crippen molar-refractivity contribution in [2.75, 3.05) is 26.2 Å². The number of fused-ring (bicyclic) bond motifs is 1. The summed E-state index contributed by atoms with van der Waals surface area (Å²) in [5.41, 5.74) is 0.580. The van der Waals surface area contributed by atoms with E-state index in [9.17, 15) is 0 Å². The van der Waals surface area contributed by atoms with Gasteiger partial charge in [-0.2, -0.15) is 0 Å². The number of rotatable bonds is 0. The lowest BCUT2D eigenvalue weighted by Crippen LogP contribution is -2.64. The van der Waals surface area contributed by atoms with E-state index in [2.05, 4.69) is 10.6 Å². The molecule has 3 rings (SSSR count). The molecule has 0 aromatic rings. The summed E-state index contributed by atoms with van der Waals surface area (Å²) in [7, 11) is 0. The first-order valence-electron chi connectivity index (χ1n) is 3.49. The lowest BCUT2D eigenvalue weighted by molar-refractivity contribution is 0.195. The predicted molar refractivity (Wildman–Crippen MR) is 32.3 cm³/mol. The molecule has 3 aliphatic heterocycles. The molecule has 0 saturated carbocycles. The van der Waals surface area contributed by atoms with E-state index in [0.29, 0.717) is 0 Å². The van der Waals surface area contributed by atoms with Crippen LogP contribution in [0, 0.1) is 0 Å². The SMILES string of the molecule is C1NCC12OC21CNC1. The van der Waals surface area contributed by atoms with Crippen LogP contribution in [-0.2, 0) is 4.74 Å². The summed E-state index contributed by atoms with van der Waals surface area (Å²) in [6, 6.07) is 0. The number of hydrogen-bond acceptors (Lipinski definition) is 3. The van der Waals surface area contributed by atoms with Gasteiger partial charge < -0.3 is 15.4 Å². The highest BCUT2D eigenvalue weighted by Crippen LogP contribution is 2.52. The smallest absolute Gasteiger partial charge is 0.125 e. The molecule has 0 bridgehead atoms. The van der Waals surface area contributed by atoms with Gasteiger partial charge in [0.2, 0.25) is 0 Å². The highest BCUT2D eigenvalue weighted by molar-refractivity contribution is 5.28. The maximum atomic E-state index is 5.64. The Kier molecular flexibility index (Phi) is 0.542. The third-order valence-electron chi connectivity index (χ3n) is 2.82. The lowest BCUT2D eigenvalue weighted by atomic mass is 9.83. The van der Waals surface area contributed by atoms with Crippen LogP contribution in [0.25, 0.3) is 0 Å². The summed E-state index contributed by atoms with van der Waals surface area (Å²) in [4.78, 5) is 0. The first-order valence-corrected chi connectivity index (χ1v) is 3.49. The van der Waals surface area contributed by atoms with Gasteiger partial charge in [-0.05, 0) is 0 Å². The quantitative estimate of drug-likeness (QED) is 0.396. The molecule has 3 fully saturated rings. The van der Waals surface area contributed by atoms with Crippen molar-refractivity contribution in [2.45, 2.75) is 11.2 Å². The maximum Gasteiger partial charge on any atom is 0.125 e. The Balaban J connectivity index is 1.85. The Morgan fingerprint density at radius 1 is 0.889 bits per heavy atom. The van der Waals surface area contributed by atoms with Crippen LogP contribution in [0.15, 0.2) is 0 Å². The summed E-state index contributed by atoms with van der Waals surface area (Å²) in [5, 5.41) is 6.47. The fourth-order valence-electron chi connectivity index (χ4n) is 1.84. The van der Waals surface area contributed by atoms with Crippen LogP contribution in [-0.4, -0.2) is 37.4 Å². The molecule has 0 unspecified atom stereocenters. The summed E-state index contributed by atoms with van der Waals surface area (Å²) in [5.74, 6) is 0. The highest BCUT2D eigenvalue weighted by Gasteiger charge is 2.75. The zero-order valence-corrected chi connectivity index (χ0v) is 5.24. The minimum atomic E-state index is 0.290. The van der Waals surface area contributed by atoms with Gasteiger partial charge in [0.15, 0.2) is 0 Å². The van der Waals surface area contributed by atoms with Crippen LogP contribution in [0.2, 0.25) is 0 Å². The van der Waals surface area contributed by atoms with Gasteiger partial charge in [0, 0.05) is 26.2 Å². The molecule has 0 aromatic carbocycles. The second-order valence-electron chi connectivity index (χ2n) is 3.30. The van der Waals surface area contributed by atoms with Crippen molar-refractivity contribution in [3.63, 3.8) is 0 Å². The molecule has 3 nitrogen and oxygen atoms in total. The minimum Gasteiger partial charge on any atom is -0.357 e. The molecule has 3 heteroatoms. The van der Waals surface area contributed by atoms with Crippen molar-refractivity contribution in [2.24, 2.45) is 0 Å². The molecule has 2 spiro atoms. The second-order valence-corrected chi connectivity index (χ2v) is 3.30. The van der Waals surface area contributed by atoms with E-state index in [4.69, 9.17) is 4.74 Å². The molecule has 2 N–H and O–H groups in total. The van der Waals surface area contributed by atoms with Crippen molar-refractivity contribution in [3.05, 3.63) is 0 Å². The normalized spacial score (nSPS) is 40.0. The van der Waals surface area contributed by atoms with Crippen molar-refractivity contribution in [3.8, 4) is 0 Å². The van der Waals surface area contributed by atoms with Crippen LogP contribution in [0.1, 0.15) is 0 Å². The van der Waals surface area contributed by atoms with Gasteiger partial charge in [-0.3, -0.25) is 0 Å². The van der Waals surface area contributed by atoms with Gasteiger partial charge in [0.25, 0.3) is 0 Å². The van der Waals surface area contributed by atoms with Crippen LogP contribution >= 0.6 is 0 Å². The second kappa shape index (κ2) is 1.05. The van der Waals surface area contributed by atoms with E-state index in [1.807, 2.05) is 0 Å². The van der Waals surface area contributed by atoms with Gasteiger partial charge in [0.05, 0.1) is 0 Å². The molecule has 0 atom stereocenters. The molecule has 9 heavy (non-hydrogen) atoms. The number of ether oxygens (including phenoxy) is 1. The Bertz CT molecular complexity index is 142. The zero-order chi connectivity index (χ0) is 5.95. The van der Waals surface area contributed by atoms with Crippen molar-refractivity contribution < 1.29 is 4.74 Å². The molecular weight excluding hydrogens is 116 g/mol. The molecule has 3 saturated heterocycles. The zero-order valence-electron chi connectivity index (χ0n) is 5.24. The summed E-state index contributed by atoms with van der Waals surface area (Å²) in [6.45, 7) is 4.31. The molecule has 50 valence electrons. The van der Waals surface area contributed by atoms with Gasteiger partial charge >= 0.3 is 0 Å². The summed E-state index contributed by atoms with van der Waals surface area (Å²) in [6.07, 6.45) is 0. The van der Waals surface area contributed by atoms with E-state index in [1.54, 1.807) is 0 Å². The standard InChI is InChI=1S/C6H10N2O/c1-5(2-7-1)6(9-5)3-8-4-6/h7-8H,1-4H2. The van der Waals surface area contributed by atoms with Gasteiger partial charge in [-0.25, -0.2) is 0 Å². The van der Waals surface area contributed by atoms with E-state index in [0.717, 1.165) is 26.2 Å². The molecular formula is C6H10N2O. The van der Waals surface area contributed by atoms with Crippen molar-refractivity contribution >= 4 is 0 Å². The predicted octanol–water partition coefficient (Wildman–Crippen LogP) is -1.30. The van der Waals surface area contributed by atoms with E-state index in [-0.39, 0.29) is 11.2 Å². The maximum absolute atomic E-state index is 5.64. The average molecular weight is 126 g/mol. The highest BCUT2D eigenvalue weighted by atomic mass is 16.6. The monoisotopic (exact) mass is 126 g/mol. The molecule has 3 aliphatic rings. The third-order valence-corrected chi connectivity index (χ3v) is 2.82. The topological polar surface area (TPSA) is 36.6 Å². The van der Waals surface area contributed by atoms with E-state index >= 15 is 0 Å². The Morgan fingerprint density at radius 2 is 1.33 bits per heavy atom. The largest absolute Gasteiger partial charge is 0.357 e. The molecule has 0 aliphatic carbocycles. The van der Waals surface area contributed by atoms with Crippen LogP contribution in [0.3, 0.4) is 0 Å². The third kappa shape index (κ3) is 0.327. The Labute approximate surface area is 53.8 Å². The fourth-order valence-corrected chi connectivity index (χ4v) is 1.84. The minimum absolute atomic E-state index is 0.290. The molecule has 0 aromatic heterocycles. The van der Waals surface area contributed by atoms with Gasteiger partial charge in [0.1, 0.15) is 11.2 Å². The van der Waals surface area contributed by atoms with E-state index in [1.165, 1.54) is 0 Å². The number of hydrogen-bond donors (Lipinski definition) is 2. The molecule has 0 amide bonds. The van der Waals surface area contributed by atoms with Crippen LogP contribution < -0.4 is 10.6 Å². The van der Waals surface area contributed by atoms with E-state index < -0.39 is 0 Å². The fraction of sp³-hybridized carbons (Fsp3) is 1.00.